The van der Waals surface area contributed by atoms with Gasteiger partial charge in [-0.25, -0.2) is 4.79 Å². The molecule has 1 heterocycles. The van der Waals surface area contributed by atoms with Crippen molar-refractivity contribution in [3.05, 3.63) is 0 Å². The molecule has 8 heteroatoms. The number of carbonyl (C=O) groups excluding carboxylic acids is 2. The molecule has 0 atom stereocenters. The van der Waals surface area contributed by atoms with Crippen LogP contribution in [0.4, 0.5) is 4.79 Å². The first kappa shape index (κ1) is 16.9. The highest BCUT2D eigenvalue weighted by Gasteiger charge is 2.27. The number of imide groups is 1. The minimum atomic E-state index is -0.368. The zero-order valence-electron chi connectivity index (χ0n) is 10.8. The zero-order valence-corrected chi connectivity index (χ0v) is 13.1. The highest BCUT2D eigenvalue weighted by Crippen LogP contribution is 1.99. The molecule has 0 bridgehead atoms. The molecule has 0 aromatic heterocycles. The molecular formula is C10H20IN5O2. The largest absolute Gasteiger partial charge is 0.370 e. The summed E-state index contributed by atoms with van der Waals surface area (Å²) < 4.78 is 0. The zero-order chi connectivity index (χ0) is 13.1. The van der Waals surface area contributed by atoms with E-state index in [-0.39, 0.29) is 54.5 Å². The van der Waals surface area contributed by atoms with Crippen molar-refractivity contribution in [3.63, 3.8) is 0 Å². The SMILES string of the molecule is CC(C)(C)NC(N)=NCCN1C(=O)CNC1=O.I. The molecule has 7 nitrogen and oxygen atoms in total. The van der Waals surface area contributed by atoms with Crippen molar-refractivity contribution in [3.8, 4) is 0 Å². The van der Waals surface area contributed by atoms with Gasteiger partial charge >= 0.3 is 6.03 Å². The predicted molar refractivity (Wildman–Crippen MR) is 79.9 cm³/mol. The van der Waals surface area contributed by atoms with Gasteiger partial charge in [0.15, 0.2) is 5.96 Å². The van der Waals surface area contributed by atoms with Crippen molar-refractivity contribution in [1.29, 1.82) is 0 Å². The first-order valence-corrected chi connectivity index (χ1v) is 5.46. The number of hydrogen-bond donors (Lipinski definition) is 3. The molecule has 0 saturated carbocycles. The summed E-state index contributed by atoms with van der Waals surface area (Å²) in [6.07, 6.45) is 0. The summed E-state index contributed by atoms with van der Waals surface area (Å²) in [6, 6.07) is -0.368. The van der Waals surface area contributed by atoms with Crippen LogP contribution in [0.5, 0.6) is 0 Å². The maximum atomic E-state index is 11.2. The van der Waals surface area contributed by atoms with Crippen LogP contribution in [0.2, 0.25) is 0 Å². The number of aliphatic imine (C=N–C) groups is 1. The monoisotopic (exact) mass is 369 g/mol. The Morgan fingerprint density at radius 2 is 2.11 bits per heavy atom. The van der Waals surface area contributed by atoms with E-state index in [4.69, 9.17) is 5.73 Å². The lowest BCUT2D eigenvalue weighted by atomic mass is 10.1. The van der Waals surface area contributed by atoms with Crippen molar-refractivity contribution >= 4 is 41.9 Å². The molecule has 0 spiro atoms. The second-order valence-electron chi connectivity index (χ2n) is 4.85. The number of nitrogens with two attached hydrogens (primary N) is 1. The molecule has 1 fully saturated rings. The number of halogens is 1. The fraction of sp³-hybridized carbons (Fsp3) is 0.700. The van der Waals surface area contributed by atoms with Crippen molar-refractivity contribution in [2.45, 2.75) is 26.3 Å². The van der Waals surface area contributed by atoms with E-state index in [9.17, 15) is 9.59 Å². The third-order valence-corrected chi connectivity index (χ3v) is 2.05. The predicted octanol–water partition coefficient (Wildman–Crippen LogP) is -0.141. The first-order valence-electron chi connectivity index (χ1n) is 5.46. The molecule has 18 heavy (non-hydrogen) atoms. The first-order chi connectivity index (χ1) is 7.79. The average Bonchev–Trinajstić information content (AvgIpc) is 2.46. The average molecular weight is 369 g/mol. The maximum absolute atomic E-state index is 11.2. The summed E-state index contributed by atoms with van der Waals surface area (Å²) in [5.74, 6) is 0.0807. The molecule has 0 aliphatic carbocycles. The van der Waals surface area contributed by atoms with Crippen LogP contribution in [0.1, 0.15) is 20.8 Å². The minimum absolute atomic E-state index is 0. The second-order valence-corrected chi connectivity index (χ2v) is 4.85. The van der Waals surface area contributed by atoms with Crippen molar-refractivity contribution in [2.75, 3.05) is 19.6 Å². The van der Waals surface area contributed by atoms with Gasteiger partial charge in [-0.3, -0.25) is 14.7 Å². The fourth-order valence-corrected chi connectivity index (χ4v) is 1.38. The van der Waals surface area contributed by atoms with Gasteiger partial charge in [-0.2, -0.15) is 0 Å². The molecule has 4 N–H and O–H groups in total. The highest BCUT2D eigenvalue weighted by atomic mass is 127. The van der Waals surface area contributed by atoms with E-state index in [1.165, 1.54) is 0 Å². The number of amides is 3. The lowest BCUT2D eigenvalue weighted by Crippen LogP contribution is -2.45. The summed E-state index contributed by atoms with van der Waals surface area (Å²) in [4.78, 5) is 27.6. The van der Waals surface area contributed by atoms with Gasteiger partial charge in [0.05, 0.1) is 19.6 Å². The highest BCUT2D eigenvalue weighted by molar-refractivity contribution is 14.0. The lowest BCUT2D eigenvalue weighted by molar-refractivity contribution is -0.124. The number of nitrogens with one attached hydrogen (secondary N) is 2. The molecule has 3 amide bonds. The van der Waals surface area contributed by atoms with Gasteiger partial charge < -0.3 is 16.4 Å². The third-order valence-electron chi connectivity index (χ3n) is 2.05. The standard InChI is InChI=1S/C10H19N5O2.HI/c1-10(2,3)14-8(11)12-4-5-15-7(16)6-13-9(15)17;/h4-6H2,1-3H3,(H,13,17)(H3,11,12,14);1H. The second kappa shape index (κ2) is 6.76. The van der Waals surface area contributed by atoms with E-state index < -0.39 is 0 Å². The number of nitrogens with zero attached hydrogens (tertiary/aromatic N) is 2. The van der Waals surface area contributed by atoms with Crippen molar-refractivity contribution in [2.24, 2.45) is 10.7 Å². The molecule has 0 radical (unpaired) electrons. The van der Waals surface area contributed by atoms with Gasteiger partial charge in [0.1, 0.15) is 0 Å². The van der Waals surface area contributed by atoms with E-state index in [1.54, 1.807) is 0 Å². The molecule has 0 aromatic rings. The Labute approximate surface area is 124 Å². The summed E-state index contributed by atoms with van der Waals surface area (Å²) in [7, 11) is 0. The minimum Gasteiger partial charge on any atom is -0.370 e. The van der Waals surface area contributed by atoms with Gasteiger partial charge in [-0.1, -0.05) is 0 Å². The third kappa shape index (κ3) is 5.52. The van der Waals surface area contributed by atoms with Crippen molar-refractivity contribution < 1.29 is 9.59 Å². The van der Waals surface area contributed by atoms with Crippen LogP contribution in [0.15, 0.2) is 4.99 Å². The van der Waals surface area contributed by atoms with Gasteiger partial charge in [0, 0.05) is 5.54 Å². The summed E-state index contributed by atoms with van der Waals surface area (Å²) in [5.41, 5.74) is 5.49. The summed E-state index contributed by atoms with van der Waals surface area (Å²) in [5, 5.41) is 5.43. The van der Waals surface area contributed by atoms with Crippen LogP contribution in [-0.4, -0.2) is 48.0 Å². The molecule has 1 aliphatic rings. The van der Waals surface area contributed by atoms with E-state index in [0.717, 1.165) is 4.90 Å². The van der Waals surface area contributed by atoms with Gasteiger partial charge in [-0.05, 0) is 20.8 Å². The molecule has 104 valence electrons. The number of hydrogen-bond acceptors (Lipinski definition) is 3. The van der Waals surface area contributed by atoms with Crippen LogP contribution < -0.4 is 16.4 Å². The number of guanidine groups is 1. The molecular weight excluding hydrogens is 349 g/mol. The molecule has 1 rings (SSSR count). The molecule has 1 aliphatic heterocycles. The van der Waals surface area contributed by atoms with Crippen molar-refractivity contribution in [1.82, 2.24) is 15.5 Å². The van der Waals surface area contributed by atoms with Gasteiger partial charge in [-0.15, -0.1) is 24.0 Å². The Morgan fingerprint density at radius 1 is 1.50 bits per heavy atom. The summed E-state index contributed by atoms with van der Waals surface area (Å²) >= 11 is 0. The topological polar surface area (TPSA) is 99.8 Å². The Hall–Kier alpha value is -1.06. The van der Waals surface area contributed by atoms with Crippen LogP contribution in [0.25, 0.3) is 0 Å². The Morgan fingerprint density at radius 3 is 2.56 bits per heavy atom. The van der Waals surface area contributed by atoms with E-state index in [0.29, 0.717) is 12.5 Å². The Kier molecular flexibility index (Phi) is 6.36. The van der Waals surface area contributed by atoms with E-state index in [2.05, 4.69) is 15.6 Å². The molecule has 0 aromatic carbocycles. The van der Waals surface area contributed by atoms with E-state index >= 15 is 0 Å². The normalized spacial score (nSPS) is 16.4. The number of carbonyl (C=O) groups is 2. The fourth-order valence-electron chi connectivity index (χ4n) is 1.38. The Bertz CT molecular complexity index is 335. The lowest BCUT2D eigenvalue weighted by Gasteiger charge is -2.21. The Balaban J connectivity index is 0.00000289. The number of urea groups is 1. The molecule has 1 saturated heterocycles. The summed E-state index contributed by atoms with van der Waals surface area (Å²) in [6.45, 7) is 6.51. The van der Waals surface area contributed by atoms with Gasteiger partial charge in [0.25, 0.3) is 0 Å². The van der Waals surface area contributed by atoms with Crippen LogP contribution in [0.3, 0.4) is 0 Å². The van der Waals surface area contributed by atoms with Gasteiger partial charge in [0.2, 0.25) is 5.91 Å². The quantitative estimate of drug-likeness (QED) is 0.279. The van der Waals surface area contributed by atoms with Crippen LogP contribution in [0, 0.1) is 0 Å². The van der Waals surface area contributed by atoms with Crippen LogP contribution >= 0.6 is 24.0 Å². The molecule has 0 unspecified atom stereocenters. The van der Waals surface area contributed by atoms with E-state index in [1.807, 2.05) is 20.8 Å². The smallest absolute Gasteiger partial charge is 0.324 e. The number of rotatable bonds is 3. The van der Waals surface area contributed by atoms with Crippen LogP contribution in [-0.2, 0) is 4.79 Å². The maximum Gasteiger partial charge on any atom is 0.324 e.